The highest BCUT2D eigenvalue weighted by Gasteiger charge is 2.42. The van der Waals surface area contributed by atoms with Crippen molar-refractivity contribution in [2.45, 2.75) is 19.0 Å². The molecule has 2 atom stereocenters. The molecule has 1 fully saturated rings. The van der Waals surface area contributed by atoms with Crippen molar-refractivity contribution in [3.8, 4) is 17.2 Å². The second kappa shape index (κ2) is 10.1. The maximum absolute atomic E-state index is 13.7. The molecule has 2 aromatic heterocycles. The second-order valence-electron chi connectivity index (χ2n) is 9.19. The molecule has 0 saturated carbocycles. The highest BCUT2D eigenvalue weighted by molar-refractivity contribution is 7.80. The van der Waals surface area contributed by atoms with Crippen LogP contribution in [0.15, 0.2) is 116 Å². The zero-order valence-electron chi connectivity index (χ0n) is 20.7. The van der Waals surface area contributed by atoms with Gasteiger partial charge in [-0.15, -0.1) is 0 Å². The number of aryl methyl sites for hydroxylation is 1. The van der Waals surface area contributed by atoms with Crippen LogP contribution < -0.4 is 15.0 Å². The predicted octanol–water partition coefficient (Wildman–Crippen LogP) is 7.29. The van der Waals surface area contributed by atoms with E-state index < -0.39 is 0 Å². The van der Waals surface area contributed by atoms with Gasteiger partial charge in [-0.1, -0.05) is 23.8 Å². The summed E-state index contributed by atoms with van der Waals surface area (Å²) in [6, 6.07) is 31.9. The maximum atomic E-state index is 13.7. The Morgan fingerprint density at radius 1 is 0.816 bits per heavy atom. The van der Waals surface area contributed by atoms with Crippen molar-refractivity contribution < 1.29 is 9.13 Å². The standard InChI is InChI=1S/C31H25FN4OS/c1-21-7-15-25(16-8-21)37-26-17-13-24(14-18-26)36-30(29(34-31(36)38)27-5-2-3-19-33-27)28-6-4-20-35(28)23-11-9-22(32)10-12-23/h2-20,29-30H,1H3,(H,34,38). The largest absolute Gasteiger partial charge is 0.457 e. The number of hydrogen-bond donors (Lipinski definition) is 1. The number of halogens is 1. The van der Waals surface area contributed by atoms with E-state index in [1.807, 2.05) is 85.9 Å². The van der Waals surface area contributed by atoms with Crippen LogP contribution in [0.2, 0.25) is 0 Å². The van der Waals surface area contributed by atoms with Crippen molar-refractivity contribution in [3.63, 3.8) is 0 Å². The molecule has 1 N–H and O–H groups in total. The number of anilines is 1. The van der Waals surface area contributed by atoms with Crippen molar-refractivity contribution in [1.29, 1.82) is 0 Å². The number of hydrogen-bond acceptors (Lipinski definition) is 3. The predicted molar refractivity (Wildman–Crippen MR) is 151 cm³/mol. The van der Waals surface area contributed by atoms with Crippen LogP contribution in [0.25, 0.3) is 5.69 Å². The van der Waals surface area contributed by atoms with E-state index in [4.69, 9.17) is 17.0 Å². The van der Waals surface area contributed by atoms with E-state index in [-0.39, 0.29) is 17.9 Å². The van der Waals surface area contributed by atoms with Gasteiger partial charge in [-0.2, -0.15) is 0 Å². The Morgan fingerprint density at radius 2 is 1.50 bits per heavy atom. The lowest BCUT2D eigenvalue weighted by molar-refractivity contribution is 0.482. The van der Waals surface area contributed by atoms with Crippen molar-refractivity contribution in [2.24, 2.45) is 0 Å². The average Bonchev–Trinajstić information content (AvgIpc) is 3.56. The van der Waals surface area contributed by atoms with Crippen LogP contribution in [-0.2, 0) is 0 Å². The molecule has 188 valence electrons. The third-order valence-electron chi connectivity index (χ3n) is 6.66. The van der Waals surface area contributed by atoms with Gasteiger partial charge >= 0.3 is 0 Å². The van der Waals surface area contributed by atoms with Gasteiger partial charge in [0.05, 0.1) is 11.7 Å². The van der Waals surface area contributed by atoms with Gasteiger partial charge in [-0.25, -0.2) is 4.39 Å². The molecule has 3 heterocycles. The molecular formula is C31H25FN4OS. The van der Waals surface area contributed by atoms with Gasteiger partial charge in [0, 0.05) is 29.5 Å². The van der Waals surface area contributed by atoms with Crippen molar-refractivity contribution >= 4 is 23.0 Å². The van der Waals surface area contributed by atoms with Crippen LogP contribution in [0.5, 0.6) is 11.5 Å². The third-order valence-corrected chi connectivity index (χ3v) is 6.97. The number of nitrogens with zero attached hydrogens (tertiary/aromatic N) is 3. The molecule has 1 aliphatic rings. The number of rotatable bonds is 6. The molecule has 5 nitrogen and oxygen atoms in total. The van der Waals surface area contributed by atoms with E-state index in [9.17, 15) is 4.39 Å². The molecule has 0 spiro atoms. The number of thiocarbonyl (C=S) groups is 1. The molecule has 0 amide bonds. The summed E-state index contributed by atoms with van der Waals surface area (Å²) in [5.74, 6) is 1.25. The SMILES string of the molecule is Cc1ccc(Oc2ccc(N3C(=S)NC(c4ccccn4)C3c3cccn3-c3ccc(F)cc3)cc2)cc1. The first kappa shape index (κ1) is 23.9. The Morgan fingerprint density at radius 3 is 2.18 bits per heavy atom. The van der Waals surface area contributed by atoms with Crippen LogP contribution >= 0.6 is 12.2 Å². The Labute approximate surface area is 226 Å². The first-order valence-electron chi connectivity index (χ1n) is 12.4. The molecule has 0 radical (unpaired) electrons. The summed E-state index contributed by atoms with van der Waals surface area (Å²) in [5, 5.41) is 4.10. The fourth-order valence-corrected chi connectivity index (χ4v) is 5.17. The Kier molecular flexibility index (Phi) is 6.35. The number of pyridine rings is 1. The number of aromatic nitrogens is 2. The zero-order chi connectivity index (χ0) is 26.1. The molecule has 6 rings (SSSR count). The van der Waals surface area contributed by atoms with E-state index in [2.05, 4.69) is 25.8 Å². The molecule has 0 aliphatic carbocycles. The van der Waals surface area contributed by atoms with Gasteiger partial charge in [0.1, 0.15) is 23.4 Å². The van der Waals surface area contributed by atoms with E-state index in [1.54, 1.807) is 18.3 Å². The van der Waals surface area contributed by atoms with Crippen LogP contribution in [0, 0.1) is 12.7 Å². The minimum atomic E-state index is -0.271. The lowest BCUT2D eigenvalue weighted by Crippen LogP contribution is -2.30. The summed E-state index contributed by atoms with van der Waals surface area (Å²) < 4.78 is 21.8. The molecule has 2 unspecified atom stereocenters. The molecule has 0 bridgehead atoms. The van der Waals surface area contributed by atoms with Crippen molar-refractivity contribution in [2.75, 3.05) is 4.90 Å². The fourth-order valence-electron chi connectivity index (χ4n) is 4.82. The summed E-state index contributed by atoms with van der Waals surface area (Å²) in [4.78, 5) is 6.75. The topological polar surface area (TPSA) is 42.3 Å². The van der Waals surface area contributed by atoms with E-state index >= 15 is 0 Å². The minimum absolute atomic E-state index is 0.193. The monoisotopic (exact) mass is 520 g/mol. The molecule has 5 aromatic rings. The maximum Gasteiger partial charge on any atom is 0.174 e. The lowest BCUT2D eigenvalue weighted by Gasteiger charge is -2.29. The second-order valence-corrected chi connectivity index (χ2v) is 9.57. The molecule has 3 aromatic carbocycles. The van der Waals surface area contributed by atoms with Gasteiger partial charge in [-0.3, -0.25) is 4.98 Å². The normalized spacial score (nSPS) is 16.9. The quantitative estimate of drug-likeness (QED) is 0.238. The van der Waals surface area contributed by atoms with E-state index in [1.165, 1.54) is 17.7 Å². The highest BCUT2D eigenvalue weighted by Crippen LogP contribution is 2.42. The third kappa shape index (κ3) is 4.64. The molecular weight excluding hydrogens is 495 g/mol. The summed E-state index contributed by atoms with van der Waals surface area (Å²) in [6.45, 7) is 2.05. The number of benzene rings is 3. The van der Waals surface area contributed by atoms with Crippen LogP contribution in [0.1, 0.15) is 29.0 Å². The van der Waals surface area contributed by atoms with Crippen molar-refractivity contribution in [1.82, 2.24) is 14.9 Å². The van der Waals surface area contributed by atoms with Gasteiger partial charge in [0.15, 0.2) is 5.11 Å². The van der Waals surface area contributed by atoms with Crippen LogP contribution in [0.4, 0.5) is 10.1 Å². The lowest BCUT2D eigenvalue weighted by atomic mass is 10.0. The number of ether oxygens (including phenoxy) is 1. The summed E-state index contributed by atoms with van der Waals surface area (Å²) in [7, 11) is 0. The smallest absolute Gasteiger partial charge is 0.174 e. The fraction of sp³-hybridized carbons (Fsp3) is 0.0968. The summed E-state index contributed by atoms with van der Waals surface area (Å²) >= 11 is 5.87. The molecule has 1 aliphatic heterocycles. The Hall–Kier alpha value is -4.49. The van der Waals surface area contributed by atoms with Crippen molar-refractivity contribution in [3.05, 3.63) is 138 Å². The van der Waals surface area contributed by atoms with Crippen LogP contribution in [0.3, 0.4) is 0 Å². The minimum Gasteiger partial charge on any atom is -0.457 e. The number of nitrogens with one attached hydrogen (secondary N) is 1. The molecule has 1 saturated heterocycles. The highest BCUT2D eigenvalue weighted by atomic mass is 32.1. The first-order chi connectivity index (χ1) is 18.6. The Balaban J connectivity index is 1.38. The Bertz CT molecular complexity index is 1550. The van der Waals surface area contributed by atoms with Gasteiger partial charge < -0.3 is 19.5 Å². The van der Waals surface area contributed by atoms with Gasteiger partial charge in [0.25, 0.3) is 0 Å². The molecule has 7 heteroatoms. The average molecular weight is 521 g/mol. The summed E-state index contributed by atoms with van der Waals surface area (Å²) in [5.41, 5.74) is 4.86. The molecule has 38 heavy (non-hydrogen) atoms. The summed E-state index contributed by atoms with van der Waals surface area (Å²) in [6.07, 6.45) is 3.77. The van der Waals surface area contributed by atoms with Gasteiger partial charge in [0.2, 0.25) is 0 Å². The first-order valence-corrected chi connectivity index (χ1v) is 12.8. The zero-order valence-corrected chi connectivity index (χ0v) is 21.5. The van der Waals surface area contributed by atoms with Crippen LogP contribution in [-0.4, -0.2) is 14.7 Å². The van der Waals surface area contributed by atoms with E-state index in [0.717, 1.165) is 34.3 Å². The van der Waals surface area contributed by atoms with E-state index in [0.29, 0.717) is 5.11 Å². The van der Waals surface area contributed by atoms with Gasteiger partial charge in [-0.05, 0) is 104 Å².